The fraction of sp³-hybridized carbons (Fsp3) is 0.150. The van der Waals surface area contributed by atoms with Gasteiger partial charge in [-0.3, -0.25) is 9.59 Å². The van der Waals surface area contributed by atoms with Crippen LogP contribution in [0.4, 0.5) is 5.69 Å². The predicted molar refractivity (Wildman–Crippen MR) is 111 cm³/mol. The van der Waals surface area contributed by atoms with E-state index in [1.807, 2.05) is 36.4 Å². The normalized spacial score (nSPS) is 10.6. The number of nitrogens with one attached hydrogen (secondary N) is 1. The molecule has 27 heavy (non-hydrogen) atoms. The Kier molecular flexibility index (Phi) is 6.42. The van der Waals surface area contributed by atoms with Gasteiger partial charge in [0, 0.05) is 39.8 Å². The minimum atomic E-state index is -0.194. The summed E-state index contributed by atoms with van der Waals surface area (Å²) in [6.45, 7) is 0.367. The van der Waals surface area contributed by atoms with Crippen LogP contribution >= 0.6 is 27.5 Å². The minimum Gasteiger partial charge on any atom is -0.326 e. The van der Waals surface area contributed by atoms with Crippen molar-refractivity contribution in [3.63, 3.8) is 0 Å². The number of anilines is 1. The Morgan fingerprint density at radius 3 is 2.63 bits per heavy atom. The summed E-state index contributed by atoms with van der Waals surface area (Å²) in [6.07, 6.45) is 0.808. The van der Waals surface area contributed by atoms with Gasteiger partial charge < -0.3 is 5.32 Å². The van der Waals surface area contributed by atoms with E-state index in [0.29, 0.717) is 30.1 Å². The van der Waals surface area contributed by atoms with Gasteiger partial charge in [0.05, 0.1) is 5.69 Å². The monoisotopic (exact) mass is 445 g/mol. The summed E-state index contributed by atoms with van der Waals surface area (Å²) in [5, 5.41) is 7.87. The summed E-state index contributed by atoms with van der Waals surface area (Å²) in [5.41, 5.74) is 2.10. The van der Waals surface area contributed by atoms with Crippen LogP contribution in [0.5, 0.6) is 0 Å². The number of carbonyl (C=O) groups is 1. The Morgan fingerprint density at radius 2 is 1.89 bits per heavy atom. The molecule has 1 heterocycles. The van der Waals surface area contributed by atoms with Gasteiger partial charge in [-0.2, -0.15) is 5.10 Å². The van der Waals surface area contributed by atoms with Gasteiger partial charge in [0.2, 0.25) is 5.91 Å². The Bertz CT molecular complexity index is 1000. The first-order valence-corrected chi connectivity index (χ1v) is 9.58. The largest absolute Gasteiger partial charge is 0.326 e. The smallest absolute Gasteiger partial charge is 0.266 e. The lowest BCUT2D eigenvalue weighted by Gasteiger charge is -2.08. The minimum absolute atomic E-state index is 0.102. The SMILES string of the molecule is O=C(CCCn1nc(-c2ccc(Cl)cc2)ccc1=O)Nc1cccc(Br)c1. The first-order valence-electron chi connectivity index (χ1n) is 8.41. The first-order chi connectivity index (χ1) is 13.0. The highest BCUT2D eigenvalue weighted by atomic mass is 79.9. The van der Waals surface area contributed by atoms with Crippen molar-refractivity contribution in [2.24, 2.45) is 0 Å². The highest BCUT2D eigenvalue weighted by Crippen LogP contribution is 2.18. The molecule has 0 saturated heterocycles. The van der Waals surface area contributed by atoms with Crippen LogP contribution in [-0.4, -0.2) is 15.7 Å². The number of aryl methyl sites for hydroxylation is 1. The summed E-state index contributed by atoms with van der Waals surface area (Å²) in [6, 6.07) is 17.8. The molecule has 1 N–H and O–H groups in total. The summed E-state index contributed by atoms with van der Waals surface area (Å²) < 4.78 is 2.28. The zero-order valence-corrected chi connectivity index (χ0v) is 16.7. The van der Waals surface area contributed by atoms with Crippen LogP contribution < -0.4 is 10.9 Å². The van der Waals surface area contributed by atoms with Gasteiger partial charge >= 0.3 is 0 Å². The lowest BCUT2D eigenvalue weighted by molar-refractivity contribution is -0.116. The zero-order valence-electron chi connectivity index (χ0n) is 14.4. The van der Waals surface area contributed by atoms with Gasteiger partial charge in [0.25, 0.3) is 5.56 Å². The third-order valence-corrected chi connectivity index (χ3v) is 4.63. The number of nitrogens with zero attached hydrogens (tertiary/aromatic N) is 2. The summed E-state index contributed by atoms with van der Waals surface area (Å²) in [4.78, 5) is 24.1. The number of amides is 1. The highest BCUT2D eigenvalue weighted by Gasteiger charge is 2.06. The molecule has 2 aromatic carbocycles. The van der Waals surface area contributed by atoms with Gasteiger partial charge in [-0.1, -0.05) is 45.7 Å². The number of hydrogen-bond acceptors (Lipinski definition) is 3. The van der Waals surface area contributed by atoms with Crippen molar-refractivity contribution < 1.29 is 4.79 Å². The standard InChI is InChI=1S/C20H17BrClN3O2/c21-15-3-1-4-17(13-15)23-19(26)5-2-12-25-20(27)11-10-18(24-25)14-6-8-16(22)9-7-14/h1,3-4,6-11,13H,2,5,12H2,(H,23,26). The van der Waals surface area contributed by atoms with Crippen LogP contribution in [-0.2, 0) is 11.3 Å². The second kappa shape index (κ2) is 8.97. The highest BCUT2D eigenvalue weighted by molar-refractivity contribution is 9.10. The van der Waals surface area contributed by atoms with Crippen molar-refractivity contribution in [3.8, 4) is 11.3 Å². The fourth-order valence-electron chi connectivity index (χ4n) is 2.56. The molecule has 0 aliphatic heterocycles. The maximum Gasteiger partial charge on any atom is 0.266 e. The van der Waals surface area contributed by atoms with Gasteiger partial charge in [-0.05, 0) is 42.8 Å². The van der Waals surface area contributed by atoms with Crippen LogP contribution in [0.15, 0.2) is 69.9 Å². The maximum atomic E-state index is 12.1. The van der Waals surface area contributed by atoms with Gasteiger partial charge in [0.15, 0.2) is 0 Å². The molecule has 0 radical (unpaired) electrons. The molecule has 7 heteroatoms. The van der Waals surface area contributed by atoms with E-state index in [-0.39, 0.29) is 11.5 Å². The molecule has 0 spiro atoms. The average Bonchev–Trinajstić information content (AvgIpc) is 2.64. The van der Waals surface area contributed by atoms with E-state index < -0.39 is 0 Å². The molecule has 5 nitrogen and oxygen atoms in total. The van der Waals surface area contributed by atoms with E-state index in [4.69, 9.17) is 11.6 Å². The number of rotatable bonds is 6. The molecule has 0 fully saturated rings. The number of carbonyl (C=O) groups excluding carboxylic acids is 1. The summed E-state index contributed by atoms with van der Waals surface area (Å²) in [7, 11) is 0. The summed E-state index contributed by atoms with van der Waals surface area (Å²) >= 11 is 9.27. The second-order valence-electron chi connectivity index (χ2n) is 5.95. The molecule has 0 saturated carbocycles. The predicted octanol–water partition coefficient (Wildman–Crippen LogP) is 4.75. The van der Waals surface area contributed by atoms with Crippen LogP contribution in [0.3, 0.4) is 0 Å². The Balaban J connectivity index is 1.60. The molecule has 1 amide bonds. The maximum absolute atomic E-state index is 12.1. The van der Waals surface area contributed by atoms with Gasteiger partial charge in [-0.15, -0.1) is 0 Å². The lowest BCUT2D eigenvalue weighted by atomic mass is 10.1. The zero-order chi connectivity index (χ0) is 19.2. The van der Waals surface area contributed by atoms with Crippen LogP contribution in [0.2, 0.25) is 5.02 Å². The lowest BCUT2D eigenvalue weighted by Crippen LogP contribution is -2.23. The fourth-order valence-corrected chi connectivity index (χ4v) is 3.09. The third-order valence-electron chi connectivity index (χ3n) is 3.89. The average molecular weight is 447 g/mol. The van der Waals surface area contributed by atoms with Crippen molar-refractivity contribution in [2.45, 2.75) is 19.4 Å². The molecular weight excluding hydrogens is 430 g/mol. The van der Waals surface area contributed by atoms with Crippen molar-refractivity contribution in [1.29, 1.82) is 0 Å². The molecule has 0 aliphatic rings. The van der Waals surface area contributed by atoms with E-state index in [9.17, 15) is 9.59 Å². The van der Waals surface area contributed by atoms with Crippen LogP contribution in [0.1, 0.15) is 12.8 Å². The molecule has 3 aromatic rings. The Morgan fingerprint density at radius 1 is 1.11 bits per heavy atom. The first kappa shape index (κ1) is 19.3. The topological polar surface area (TPSA) is 64.0 Å². The van der Waals surface area contributed by atoms with E-state index in [0.717, 1.165) is 15.7 Å². The van der Waals surface area contributed by atoms with Crippen LogP contribution in [0.25, 0.3) is 11.3 Å². The van der Waals surface area contributed by atoms with Crippen molar-refractivity contribution in [3.05, 3.63) is 80.5 Å². The number of hydrogen-bond donors (Lipinski definition) is 1. The molecule has 3 rings (SSSR count). The molecule has 1 aromatic heterocycles. The molecule has 0 unspecified atom stereocenters. The van der Waals surface area contributed by atoms with Crippen molar-refractivity contribution >= 4 is 39.1 Å². The van der Waals surface area contributed by atoms with Crippen molar-refractivity contribution in [1.82, 2.24) is 9.78 Å². The molecule has 0 atom stereocenters. The van der Waals surface area contributed by atoms with Crippen molar-refractivity contribution in [2.75, 3.05) is 5.32 Å². The van der Waals surface area contributed by atoms with E-state index >= 15 is 0 Å². The van der Waals surface area contributed by atoms with Gasteiger partial charge in [0.1, 0.15) is 0 Å². The van der Waals surface area contributed by atoms with Crippen LogP contribution in [0, 0.1) is 0 Å². The molecule has 0 bridgehead atoms. The third kappa shape index (κ3) is 5.52. The second-order valence-corrected chi connectivity index (χ2v) is 7.30. The molecule has 0 aliphatic carbocycles. The van der Waals surface area contributed by atoms with E-state index in [1.54, 1.807) is 18.2 Å². The molecular formula is C20H17BrClN3O2. The molecule has 138 valence electrons. The number of halogens is 2. The Labute approximate surface area is 170 Å². The number of benzene rings is 2. The van der Waals surface area contributed by atoms with E-state index in [2.05, 4.69) is 26.3 Å². The van der Waals surface area contributed by atoms with Gasteiger partial charge in [-0.25, -0.2) is 4.68 Å². The number of aromatic nitrogens is 2. The summed E-state index contributed by atoms with van der Waals surface area (Å²) in [5.74, 6) is -0.102. The van der Waals surface area contributed by atoms with E-state index in [1.165, 1.54) is 10.7 Å². The Hall–Kier alpha value is -2.44. The quantitative estimate of drug-likeness (QED) is 0.594.